The van der Waals surface area contributed by atoms with Crippen molar-refractivity contribution in [1.29, 1.82) is 0 Å². The SMILES string of the molecule is CC(C)CC1(O)NC(=O)[C@@]2(C(=O)CC3(C)OCCO3)O[C@@H]12. The van der Waals surface area contributed by atoms with Crippen LogP contribution in [-0.2, 0) is 23.8 Å². The topological polar surface area (TPSA) is 97.4 Å². The number of amides is 1. The number of carbonyl (C=O) groups is 2. The number of aliphatic hydroxyl groups is 1. The summed E-state index contributed by atoms with van der Waals surface area (Å²) in [5.41, 5.74) is -3.04. The van der Waals surface area contributed by atoms with Gasteiger partial charge in [0.05, 0.1) is 19.6 Å². The Morgan fingerprint density at radius 2 is 2.05 bits per heavy atom. The van der Waals surface area contributed by atoms with Crippen molar-refractivity contribution in [1.82, 2.24) is 5.32 Å². The summed E-state index contributed by atoms with van der Waals surface area (Å²) in [6.45, 7) is 6.36. The van der Waals surface area contributed by atoms with Gasteiger partial charge in [-0.15, -0.1) is 0 Å². The molecule has 3 aliphatic heterocycles. The van der Waals surface area contributed by atoms with E-state index in [1.54, 1.807) is 6.92 Å². The van der Waals surface area contributed by atoms with Gasteiger partial charge < -0.3 is 24.6 Å². The average Bonchev–Trinajstić information content (AvgIpc) is 2.94. The highest BCUT2D eigenvalue weighted by Crippen LogP contribution is 2.51. The summed E-state index contributed by atoms with van der Waals surface area (Å²) in [6.07, 6.45) is -0.561. The molecule has 2 N–H and O–H groups in total. The minimum Gasteiger partial charge on any atom is -0.368 e. The number of nitrogens with one attached hydrogen (secondary N) is 1. The smallest absolute Gasteiger partial charge is 0.265 e. The van der Waals surface area contributed by atoms with Crippen LogP contribution in [0.15, 0.2) is 0 Å². The fourth-order valence-electron chi connectivity index (χ4n) is 3.31. The highest BCUT2D eigenvalue weighted by atomic mass is 16.7. The predicted molar refractivity (Wildman–Crippen MR) is 70.1 cm³/mol. The molecule has 3 fully saturated rings. The molecule has 0 aliphatic carbocycles. The van der Waals surface area contributed by atoms with E-state index in [0.29, 0.717) is 19.6 Å². The quantitative estimate of drug-likeness (QED) is 0.535. The molecule has 3 aliphatic rings. The van der Waals surface area contributed by atoms with Crippen molar-refractivity contribution >= 4 is 11.7 Å². The van der Waals surface area contributed by atoms with E-state index in [2.05, 4.69) is 5.32 Å². The summed E-state index contributed by atoms with van der Waals surface area (Å²) >= 11 is 0. The normalized spacial score (nSPS) is 40.2. The Morgan fingerprint density at radius 1 is 1.43 bits per heavy atom. The third-order valence-electron chi connectivity index (χ3n) is 4.23. The van der Waals surface area contributed by atoms with Gasteiger partial charge in [-0.25, -0.2) is 0 Å². The minimum atomic E-state index is -1.57. The van der Waals surface area contributed by atoms with Gasteiger partial charge in [0.2, 0.25) is 5.60 Å². The number of Topliss-reactive ketones (excluding diaryl/α,β-unsaturated/α-hetero) is 1. The lowest BCUT2D eigenvalue weighted by atomic mass is 9.90. The van der Waals surface area contributed by atoms with Gasteiger partial charge in [-0.1, -0.05) is 13.8 Å². The first-order chi connectivity index (χ1) is 9.72. The number of hydrogen-bond donors (Lipinski definition) is 2. The van der Waals surface area contributed by atoms with Gasteiger partial charge in [0.1, 0.15) is 0 Å². The summed E-state index contributed by atoms with van der Waals surface area (Å²) < 4.78 is 16.1. The molecular weight excluding hydrogens is 278 g/mol. The van der Waals surface area contributed by atoms with Gasteiger partial charge in [-0.2, -0.15) is 0 Å². The molecule has 0 aromatic carbocycles. The van der Waals surface area contributed by atoms with E-state index in [9.17, 15) is 14.7 Å². The molecule has 3 saturated heterocycles. The van der Waals surface area contributed by atoms with Crippen LogP contribution in [0, 0.1) is 5.92 Å². The Morgan fingerprint density at radius 3 is 2.57 bits per heavy atom. The van der Waals surface area contributed by atoms with Gasteiger partial charge in [0.25, 0.3) is 5.91 Å². The summed E-state index contributed by atoms with van der Waals surface area (Å²) in [6, 6.07) is 0. The van der Waals surface area contributed by atoms with Gasteiger partial charge in [0, 0.05) is 6.42 Å². The molecule has 0 radical (unpaired) electrons. The lowest BCUT2D eigenvalue weighted by Crippen LogP contribution is -2.49. The van der Waals surface area contributed by atoms with E-state index < -0.39 is 34.9 Å². The third-order valence-corrected chi connectivity index (χ3v) is 4.23. The maximum Gasteiger partial charge on any atom is 0.265 e. The zero-order valence-electron chi connectivity index (χ0n) is 12.5. The predicted octanol–water partition coefficient (Wildman–Crippen LogP) is -0.289. The minimum absolute atomic E-state index is 0.0747. The molecule has 1 unspecified atom stereocenters. The summed E-state index contributed by atoms with van der Waals surface area (Å²) in [7, 11) is 0. The van der Waals surface area contributed by atoms with Crippen LogP contribution in [0.5, 0.6) is 0 Å². The fraction of sp³-hybridized carbons (Fsp3) is 0.857. The molecule has 0 spiro atoms. The van der Waals surface area contributed by atoms with Gasteiger partial charge >= 0.3 is 0 Å². The number of fused-ring (bicyclic) bond motifs is 1. The molecule has 0 aromatic heterocycles. The zero-order valence-corrected chi connectivity index (χ0v) is 12.5. The van der Waals surface area contributed by atoms with E-state index in [1.165, 1.54) is 0 Å². The van der Waals surface area contributed by atoms with Crippen molar-refractivity contribution in [2.75, 3.05) is 13.2 Å². The molecule has 0 bridgehead atoms. The first kappa shape index (κ1) is 14.9. The van der Waals surface area contributed by atoms with Crippen LogP contribution < -0.4 is 5.32 Å². The number of rotatable bonds is 5. The first-order valence-corrected chi connectivity index (χ1v) is 7.26. The monoisotopic (exact) mass is 299 g/mol. The van der Waals surface area contributed by atoms with E-state index >= 15 is 0 Å². The number of morpholine rings is 1. The average molecular weight is 299 g/mol. The van der Waals surface area contributed by atoms with Crippen molar-refractivity contribution in [2.24, 2.45) is 5.92 Å². The summed E-state index contributed by atoms with van der Waals surface area (Å²) in [4.78, 5) is 24.7. The molecule has 7 heteroatoms. The van der Waals surface area contributed by atoms with Gasteiger partial charge in [-0.05, 0) is 12.8 Å². The van der Waals surface area contributed by atoms with Crippen LogP contribution in [0.1, 0.15) is 33.6 Å². The largest absolute Gasteiger partial charge is 0.368 e. The van der Waals surface area contributed by atoms with E-state index in [0.717, 1.165) is 0 Å². The molecule has 3 heterocycles. The molecule has 118 valence electrons. The number of epoxide rings is 1. The lowest BCUT2D eigenvalue weighted by Gasteiger charge is -2.25. The number of hydrogen-bond acceptors (Lipinski definition) is 6. The molecule has 1 amide bonds. The Kier molecular flexibility index (Phi) is 3.18. The second-order valence-electron chi connectivity index (χ2n) is 6.64. The second kappa shape index (κ2) is 4.49. The van der Waals surface area contributed by atoms with Gasteiger partial charge in [0.15, 0.2) is 23.4 Å². The van der Waals surface area contributed by atoms with Crippen LogP contribution in [0.4, 0.5) is 0 Å². The maximum absolute atomic E-state index is 12.5. The molecule has 3 atom stereocenters. The zero-order chi connectivity index (χ0) is 15.5. The summed E-state index contributed by atoms with van der Waals surface area (Å²) in [5.74, 6) is -1.83. The van der Waals surface area contributed by atoms with Crippen LogP contribution in [0.25, 0.3) is 0 Å². The first-order valence-electron chi connectivity index (χ1n) is 7.26. The highest BCUT2D eigenvalue weighted by Gasteiger charge is 2.80. The lowest BCUT2D eigenvalue weighted by molar-refractivity contribution is -0.162. The third kappa shape index (κ3) is 2.19. The van der Waals surface area contributed by atoms with Crippen molar-refractivity contribution < 1.29 is 28.9 Å². The van der Waals surface area contributed by atoms with E-state index in [-0.39, 0.29) is 12.3 Å². The highest BCUT2D eigenvalue weighted by molar-refractivity contribution is 6.15. The fourth-order valence-corrected chi connectivity index (χ4v) is 3.31. The maximum atomic E-state index is 12.5. The Hall–Kier alpha value is -1.02. The van der Waals surface area contributed by atoms with Crippen molar-refractivity contribution in [3.8, 4) is 0 Å². The molecule has 21 heavy (non-hydrogen) atoms. The second-order valence-corrected chi connectivity index (χ2v) is 6.64. The van der Waals surface area contributed by atoms with Crippen LogP contribution in [0.2, 0.25) is 0 Å². The molecule has 3 rings (SSSR count). The van der Waals surface area contributed by atoms with Crippen molar-refractivity contribution in [3.05, 3.63) is 0 Å². The number of carbonyl (C=O) groups excluding carboxylic acids is 2. The van der Waals surface area contributed by atoms with Crippen molar-refractivity contribution in [3.63, 3.8) is 0 Å². The van der Waals surface area contributed by atoms with Crippen LogP contribution in [-0.4, -0.2) is 53.2 Å². The Bertz CT molecular complexity index is 486. The number of ketones is 1. The molecular formula is C14H21NO6. The summed E-state index contributed by atoms with van der Waals surface area (Å²) in [5, 5.41) is 13.0. The van der Waals surface area contributed by atoms with Crippen LogP contribution in [0.3, 0.4) is 0 Å². The van der Waals surface area contributed by atoms with Crippen molar-refractivity contribution in [2.45, 2.75) is 56.8 Å². The van der Waals surface area contributed by atoms with Gasteiger partial charge in [-0.3, -0.25) is 9.59 Å². The molecule has 7 nitrogen and oxygen atoms in total. The Labute approximate surface area is 122 Å². The van der Waals surface area contributed by atoms with E-state index in [4.69, 9.17) is 14.2 Å². The molecule has 0 saturated carbocycles. The number of ether oxygens (including phenoxy) is 3. The van der Waals surface area contributed by atoms with Crippen LogP contribution >= 0.6 is 0 Å². The Balaban J connectivity index is 1.75. The standard InChI is InChI=1S/C14H21NO6/c1-8(2)6-13(18)10-14(21-10,11(17)15-13)9(16)7-12(3)19-4-5-20-12/h8,10,18H,4-7H2,1-3H3,(H,15,17)/t10-,13?,14-/m0/s1. The molecule has 0 aromatic rings. The van der Waals surface area contributed by atoms with E-state index in [1.807, 2.05) is 13.8 Å².